The first-order valence-corrected chi connectivity index (χ1v) is 43.1. The quantitative estimate of drug-likeness (QED) is 0.0375. The number of aliphatic hydroxyl groups is 10. The molecule has 45 heteroatoms. The van der Waals surface area contributed by atoms with Gasteiger partial charge in [0.2, 0.25) is 19.1 Å². The molecule has 0 radical (unpaired) electrons. The highest BCUT2D eigenvalue weighted by molar-refractivity contribution is 7.84. The number of methoxy groups -OCH3 is 2. The highest BCUT2D eigenvalue weighted by Gasteiger charge is 2.43. The van der Waals surface area contributed by atoms with Crippen molar-refractivity contribution in [2.24, 2.45) is 0 Å². The van der Waals surface area contributed by atoms with E-state index in [1.807, 2.05) is 13.8 Å². The molecule has 1 aromatic heterocycles. The number of ether oxygens (including phenoxy) is 8. The molecule has 20 atom stereocenters. The Hall–Kier alpha value is -8.08. The Morgan fingerprint density at radius 3 is 1.41 bits per heavy atom. The van der Waals surface area contributed by atoms with Gasteiger partial charge in [0.1, 0.15) is 66.9 Å². The predicted molar refractivity (Wildman–Crippen MR) is 430 cm³/mol. The van der Waals surface area contributed by atoms with Gasteiger partial charge in [-0.2, -0.15) is 5.09 Å². The van der Waals surface area contributed by atoms with Crippen LogP contribution >= 0.6 is 25.9 Å². The summed E-state index contributed by atoms with van der Waals surface area (Å²) in [4.78, 5) is 88.1. The summed E-state index contributed by atoms with van der Waals surface area (Å²) in [5, 5.41) is 109. The molecule has 0 saturated carbocycles. The molecule has 5 fully saturated rings. The SMILES string of the molecule is C1CCOC1.CC1=CN(C2CC(O)[C@@H](CO)O2)[C@@H](O)N[C@H]1O.CC1=CN([C@H]2CC[C@@H](CO)O2)[C@@H](O)NC1=O.CC1=CN([C@H]2CC[C@@H](CO)O2)[C@@H](O)NC1=O.COC(=O)C(C)NP(=O)(Cl)Oc1ccc(C)cc1.COC(=O)C(C)NP(=O)(OC[C@@H]1CC[C@H](N2C=C(C)C(=O)N[C@@H]2O)O1)Oc1ccc(C)cc1.Cc1cn(C2C=C[C@@H](CO)O2)c(=O)[nH]c1=O. The number of halogens is 1. The summed E-state index contributed by atoms with van der Waals surface area (Å²) in [5.41, 5.74) is 3.70. The Labute approximate surface area is 703 Å². The molecule has 3 amide bonds. The maximum Gasteiger partial charge on any atom is 0.459 e. The number of nitrogens with zero attached hydrogens (tertiary/aromatic N) is 5. The molecule has 0 spiro atoms. The normalized spacial score (nSPS) is 28.7. The molecule has 676 valence electrons. The number of amides is 3. The Morgan fingerprint density at radius 1 is 0.554 bits per heavy atom. The Kier molecular flexibility index (Phi) is 39.4. The fraction of sp³-hybridized carbons (Fsp3) is 0.592. The van der Waals surface area contributed by atoms with Crippen molar-refractivity contribution >= 4 is 55.5 Å². The molecule has 13 rings (SSSR count). The zero-order valence-electron chi connectivity index (χ0n) is 69.0. The smallest absolute Gasteiger partial charge is 0.459 e. The molecule has 7 unspecified atom stereocenters. The van der Waals surface area contributed by atoms with Crippen molar-refractivity contribution in [1.82, 2.24) is 60.6 Å². The Morgan fingerprint density at radius 2 is 1.00 bits per heavy atom. The van der Waals surface area contributed by atoms with Crippen LogP contribution in [0.4, 0.5) is 0 Å². The van der Waals surface area contributed by atoms with Crippen LogP contribution in [0, 0.1) is 20.8 Å². The summed E-state index contributed by atoms with van der Waals surface area (Å²) in [5.74, 6) is -1.41. The topological polar surface area (TPSA) is 563 Å². The summed E-state index contributed by atoms with van der Waals surface area (Å²) < 4.78 is 84.9. The average Bonchev–Trinajstić information content (AvgIpc) is 1.71. The third kappa shape index (κ3) is 30.4. The minimum Gasteiger partial charge on any atom is -0.468 e. The van der Waals surface area contributed by atoms with E-state index in [2.05, 4.69) is 45.9 Å². The van der Waals surface area contributed by atoms with Gasteiger partial charge in [-0.25, -0.2) is 24.3 Å². The van der Waals surface area contributed by atoms with Gasteiger partial charge in [-0.3, -0.25) is 42.8 Å². The van der Waals surface area contributed by atoms with Gasteiger partial charge in [-0.15, -0.1) is 0 Å². The summed E-state index contributed by atoms with van der Waals surface area (Å²) in [6.45, 7) is 13.0. The van der Waals surface area contributed by atoms with Gasteiger partial charge in [0.25, 0.3) is 23.3 Å². The van der Waals surface area contributed by atoms with Crippen LogP contribution in [0.2, 0.25) is 0 Å². The van der Waals surface area contributed by atoms with Crippen molar-refractivity contribution in [3.63, 3.8) is 0 Å². The number of aryl methyl sites for hydroxylation is 3. The van der Waals surface area contributed by atoms with Crippen molar-refractivity contribution < 1.29 is 136 Å². The summed E-state index contributed by atoms with van der Waals surface area (Å²) >= 11 is 5.72. The number of hydrogen-bond donors (Lipinski definition) is 17. The second-order valence-corrected chi connectivity index (χ2v) is 33.6. The molecule has 42 nitrogen and oxygen atoms in total. The number of aliphatic hydroxyl groups excluding tert-OH is 10. The zero-order chi connectivity index (χ0) is 89.2. The molecule has 0 bridgehead atoms. The molecular formula is C76H115ClN12O30P2. The molecule has 3 aromatic rings. The van der Waals surface area contributed by atoms with Gasteiger partial charge in [0.15, 0.2) is 12.6 Å². The molecule has 10 aliphatic heterocycles. The fourth-order valence-corrected chi connectivity index (χ4v) is 15.8. The van der Waals surface area contributed by atoms with Gasteiger partial charge in [0.05, 0.1) is 71.7 Å². The van der Waals surface area contributed by atoms with Gasteiger partial charge in [0, 0.05) is 84.2 Å². The lowest BCUT2D eigenvalue weighted by Gasteiger charge is -2.37. The molecular weight excluding hydrogens is 1660 g/mol. The van der Waals surface area contributed by atoms with Crippen LogP contribution in [-0.2, 0) is 75.5 Å². The van der Waals surface area contributed by atoms with Crippen LogP contribution in [0.5, 0.6) is 11.5 Å². The third-order valence-electron chi connectivity index (χ3n) is 19.4. The standard InChI is InChI=1S/C21H30N3O8P.C11H15ClNO4P.C10H18N2O5.2C10H16N2O4.C10H12N2O4.C4H8O/c1-13-5-7-16(8-6-13)32-33(28,23-15(3)20(26)29-4)30-12-17-9-10-18(31-17)24-11-14(2)19(25)22-21(24)27;1-8-4-6-10(7-5-8)17-18(12,15)13-9(2)11(14)16-3;1-5-3-12(10(16)11-9(5)15)8-2-6(14)7(4-13)17-8;3*1-6-4-12(10(15)11-9(6)14)8-3-2-7(5-13)16-8;1-2-4-5-3-1/h5-8,11,15,17-18,21,27H,9-10,12H2,1-4H3,(H,22,25)(H,23,28);4-7,9H,1-3H3,(H,13,15);3,6-11,13-16H,2,4H2,1H3;2*4,7-8,10,13,15H,2-3,5H2,1H3,(H,11,14);2-4,7-8,13H,5H2,1H3,(H,11,14,15);1-4H2/t15?,17-,18+,21-,33?;;6?,7-,8?,9+,10+;2*7-,8+,10-;7-,8?;/m0.1000./s1. The van der Waals surface area contributed by atoms with E-state index in [-0.39, 0.29) is 75.4 Å². The highest BCUT2D eigenvalue weighted by Crippen LogP contribution is 2.49. The molecule has 2 aromatic carbocycles. The van der Waals surface area contributed by atoms with Gasteiger partial charge in [-0.1, -0.05) is 41.5 Å². The van der Waals surface area contributed by atoms with E-state index >= 15 is 0 Å². The lowest BCUT2D eigenvalue weighted by molar-refractivity contribution is -0.143. The number of nitrogens with one attached hydrogen (secondary N) is 7. The summed E-state index contributed by atoms with van der Waals surface area (Å²) in [7, 11) is -1.51. The number of H-pyrrole nitrogens is 1. The monoisotopic (exact) mass is 1770 g/mol. The third-order valence-corrected chi connectivity index (χ3v) is 22.7. The van der Waals surface area contributed by atoms with Crippen LogP contribution in [-0.4, -0.2) is 276 Å². The number of carbonyl (C=O) groups is 5. The fourth-order valence-electron chi connectivity index (χ4n) is 12.6. The van der Waals surface area contributed by atoms with Gasteiger partial charge >= 0.3 is 32.2 Å². The molecule has 10 aliphatic rings. The zero-order valence-corrected chi connectivity index (χ0v) is 71.6. The number of carbonyl (C=O) groups excluding carboxylic acids is 5. The van der Waals surface area contributed by atoms with Crippen LogP contribution in [0.15, 0.2) is 124 Å². The predicted octanol–water partition coefficient (Wildman–Crippen LogP) is 0.774. The number of hydrogen-bond acceptors (Lipinski definition) is 35. The van der Waals surface area contributed by atoms with Crippen LogP contribution in [0.3, 0.4) is 0 Å². The lowest BCUT2D eigenvalue weighted by Crippen LogP contribution is -2.55. The Bertz CT molecular complexity index is 4210. The van der Waals surface area contributed by atoms with E-state index in [0.717, 1.165) is 50.0 Å². The number of esters is 2. The Balaban J connectivity index is 0.000000202. The van der Waals surface area contributed by atoms with Crippen molar-refractivity contribution in [2.45, 2.75) is 232 Å². The second kappa shape index (κ2) is 47.7. The van der Waals surface area contributed by atoms with Crippen LogP contribution in [0.1, 0.15) is 122 Å². The second-order valence-electron chi connectivity index (χ2n) is 29.2. The minimum atomic E-state index is -3.98. The number of benzene rings is 2. The highest BCUT2D eigenvalue weighted by atomic mass is 35.7. The first kappa shape index (κ1) is 100. The van der Waals surface area contributed by atoms with Crippen molar-refractivity contribution in [2.75, 3.05) is 60.5 Å². The molecule has 5 saturated heterocycles. The van der Waals surface area contributed by atoms with E-state index in [1.165, 1.54) is 61.5 Å². The molecule has 0 aliphatic carbocycles. The van der Waals surface area contributed by atoms with Gasteiger partial charge < -0.3 is 134 Å². The number of rotatable bonds is 22. The van der Waals surface area contributed by atoms with Crippen molar-refractivity contribution in [3.8, 4) is 11.5 Å². The van der Waals surface area contributed by atoms with Crippen molar-refractivity contribution in [3.05, 3.63) is 152 Å². The summed E-state index contributed by atoms with van der Waals surface area (Å²) in [6.07, 6.45) is 7.99. The van der Waals surface area contributed by atoms with E-state index < -0.39 is 125 Å². The first-order valence-electron chi connectivity index (χ1n) is 39.0. The van der Waals surface area contributed by atoms with Crippen molar-refractivity contribution in [1.29, 1.82) is 0 Å². The van der Waals surface area contributed by atoms with Crippen LogP contribution in [0.25, 0.3) is 0 Å². The van der Waals surface area contributed by atoms with E-state index in [1.54, 1.807) is 130 Å². The first-order chi connectivity index (χ1) is 57.3. The van der Waals surface area contributed by atoms with Crippen LogP contribution < -0.4 is 51.7 Å². The van der Waals surface area contributed by atoms with E-state index in [9.17, 15) is 73.3 Å². The van der Waals surface area contributed by atoms with E-state index in [0.29, 0.717) is 58.6 Å². The number of aromatic nitrogens is 2. The largest absolute Gasteiger partial charge is 0.468 e. The lowest BCUT2D eigenvalue weighted by atomic mass is 10.1. The summed E-state index contributed by atoms with van der Waals surface area (Å²) in [6, 6.07) is 12.0. The van der Waals surface area contributed by atoms with Gasteiger partial charge in [-0.05, 0) is 150 Å². The maximum absolute atomic E-state index is 13.4. The molecule has 11 heterocycles. The van der Waals surface area contributed by atoms with E-state index in [4.69, 9.17) is 73.7 Å². The maximum atomic E-state index is 13.4. The average molecular weight is 1770 g/mol. The minimum absolute atomic E-state index is 0.0184. The number of aromatic amines is 1. The molecule has 121 heavy (non-hydrogen) atoms. The molecule has 17 N–H and O–H groups in total.